The van der Waals surface area contributed by atoms with Gasteiger partial charge in [-0.05, 0) is 46.2 Å². The average Bonchev–Trinajstić information content (AvgIpc) is 2.88. The fourth-order valence-electron chi connectivity index (χ4n) is 3.70. The molecule has 6 nitrogen and oxygen atoms in total. The Morgan fingerprint density at radius 2 is 1.49 bits per heavy atom. The molecule has 4 rings (SSSR count). The second kappa shape index (κ2) is 11.8. The summed E-state index contributed by atoms with van der Waals surface area (Å²) in [6.45, 7) is 0.432. The monoisotopic (exact) mass is 483 g/mol. The number of hydrogen-bond acceptors (Lipinski definition) is 4. The maximum Gasteiger partial charge on any atom is 0.261 e. The van der Waals surface area contributed by atoms with E-state index < -0.39 is 5.91 Å². The summed E-state index contributed by atoms with van der Waals surface area (Å²) in [5.74, 6) is -0.243. The van der Waals surface area contributed by atoms with E-state index in [0.717, 1.165) is 28.3 Å². The number of hydrogen-bond donors (Lipinski definition) is 3. The molecule has 4 aromatic rings. The number of thiocarbonyl (C=S) groups is 1. The summed E-state index contributed by atoms with van der Waals surface area (Å²) in [7, 11) is 0. The van der Waals surface area contributed by atoms with Gasteiger partial charge in [0.15, 0.2) is 5.11 Å². The molecule has 0 unspecified atom stereocenters. The molecule has 0 aromatic heterocycles. The highest BCUT2D eigenvalue weighted by Gasteiger charge is 2.14. The molecule has 0 saturated heterocycles. The number of ether oxygens (including phenoxy) is 1. The number of carbonyl (C=O) groups excluding carboxylic acids is 2. The Morgan fingerprint density at radius 1 is 0.771 bits per heavy atom. The molecular formula is C28H25N3O3S. The Balaban J connectivity index is 1.28. The van der Waals surface area contributed by atoms with Crippen LogP contribution < -0.4 is 20.9 Å². The summed E-state index contributed by atoms with van der Waals surface area (Å²) in [4.78, 5) is 25.2. The molecule has 176 valence electrons. The minimum Gasteiger partial charge on any atom is -0.492 e. The van der Waals surface area contributed by atoms with E-state index in [-0.39, 0.29) is 17.4 Å². The average molecular weight is 484 g/mol. The molecule has 35 heavy (non-hydrogen) atoms. The van der Waals surface area contributed by atoms with Crippen molar-refractivity contribution in [2.75, 3.05) is 6.61 Å². The van der Waals surface area contributed by atoms with Crippen LogP contribution in [0.5, 0.6) is 5.75 Å². The second-order valence-electron chi connectivity index (χ2n) is 7.85. The van der Waals surface area contributed by atoms with Crippen LogP contribution in [-0.2, 0) is 17.6 Å². The first-order valence-electron chi connectivity index (χ1n) is 11.2. The number of benzene rings is 4. The van der Waals surface area contributed by atoms with Gasteiger partial charge < -0.3 is 4.74 Å². The van der Waals surface area contributed by atoms with E-state index in [1.54, 1.807) is 24.3 Å². The van der Waals surface area contributed by atoms with Crippen molar-refractivity contribution in [3.63, 3.8) is 0 Å². The number of nitrogens with one attached hydrogen (secondary N) is 3. The van der Waals surface area contributed by atoms with Gasteiger partial charge in [0.05, 0.1) is 18.6 Å². The van der Waals surface area contributed by atoms with E-state index in [1.165, 1.54) is 0 Å². The van der Waals surface area contributed by atoms with Crippen molar-refractivity contribution in [1.82, 2.24) is 16.2 Å². The van der Waals surface area contributed by atoms with Crippen molar-refractivity contribution in [3.05, 3.63) is 114 Å². The molecule has 0 aliphatic heterocycles. The fourth-order valence-corrected chi connectivity index (χ4v) is 3.84. The van der Waals surface area contributed by atoms with Gasteiger partial charge >= 0.3 is 0 Å². The van der Waals surface area contributed by atoms with Crippen LogP contribution in [0.15, 0.2) is 97.1 Å². The van der Waals surface area contributed by atoms with Crippen LogP contribution in [0, 0.1) is 0 Å². The molecule has 0 fully saturated rings. The fraction of sp³-hybridized carbons (Fsp3) is 0.107. The van der Waals surface area contributed by atoms with Crippen LogP contribution in [0.1, 0.15) is 21.5 Å². The van der Waals surface area contributed by atoms with Gasteiger partial charge in [0.1, 0.15) is 5.75 Å². The van der Waals surface area contributed by atoms with Crippen LogP contribution in [0.3, 0.4) is 0 Å². The lowest BCUT2D eigenvalue weighted by molar-refractivity contribution is -0.121. The predicted octanol–water partition coefficient (Wildman–Crippen LogP) is 4.34. The Labute approximate surface area is 209 Å². The van der Waals surface area contributed by atoms with Crippen LogP contribution >= 0.6 is 12.2 Å². The molecule has 0 bridgehead atoms. The number of para-hydroxylation sites is 1. The molecule has 3 N–H and O–H groups in total. The maximum atomic E-state index is 12.8. The molecule has 0 radical (unpaired) electrons. The predicted molar refractivity (Wildman–Crippen MR) is 141 cm³/mol. The van der Waals surface area contributed by atoms with Crippen molar-refractivity contribution in [2.24, 2.45) is 0 Å². The van der Waals surface area contributed by atoms with Gasteiger partial charge in [0.25, 0.3) is 5.91 Å². The van der Waals surface area contributed by atoms with Crippen molar-refractivity contribution < 1.29 is 14.3 Å². The molecule has 4 aromatic carbocycles. The van der Waals surface area contributed by atoms with E-state index in [1.807, 2.05) is 72.8 Å². The maximum absolute atomic E-state index is 12.8. The number of hydrazine groups is 1. The van der Waals surface area contributed by atoms with Gasteiger partial charge in [-0.1, -0.05) is 84.9 Å². The van der Waals surface area contributed by atoms with E-state index in [4.69, 9.17) is 17.0 Å². The third-order valence-electron chi connectivity index (χ3n) is 5.40. The summed E-state index contributed by atoms with van der Waals surface area (Å²) in [5.41, 5.74) is 7.55. The zero-order valence-electron chi connectivity index (χ0n) is 19.0. The van der Waals surface area contributed by atoms with E-state index in [0.29, 0.717) is 17.9 Å². The van der Waals surface area contributed by atoms with Gasteiger partial charge in [-0.2, -0.15) is 0 Å². The third-order valence-corrected chi connectivity index (χ3v) is 5.60. The highest BCUT2D eigenvalue weighted by molar-refractivity contribution is 7.80. The third kappa shape index (κ3) is 6.65. The number of fused-ring (bicyclic) bond motifs is 1. The van der Waals surface area contributed by atoms with Gasteiger partial charge in [0, 0.05) is 6.42 Å². The van der Waals surface area contributed by atoms with Crippen molar-refractivity contribution in [2.45, 2.75) is 12.8 Å². The van der Waals surface area contributed by atoms with E-state index in [9.17, 15) is 9.59 Å². The Bertz CT molecular complexity index is 1340. The Kier molecular flexibility index (Phi) is 8.04. The molecular weight excluding hydrogens is 458 g/mol. The van der Waals surface area contributed by atoms with Crippen molar-refractivity contribution in [3.8, 4) is 5.75 Å². The minimum absolute atomic E-state index is 0.0136. The summed E-state index contributed by atoms with van der Waals surface area (Å²) < 4.78 is 5.85. The molecule has 0 aliphatic carbocycles. The lowest BCUT2D eigenvalue weighted by atomic mass is 10.0. The SMILES string of the molecule is O=C(Cc1cccc2ccccc12)NNC(=S)NC(=O)c1ccccc1OCCc1ccccc1. The normalized spacial score (nSPS) is 10.4. The number of amides is 2. The number of rotatable bonds is 7. The smallest absolute Gasteiger partial charge is 0.261 e. The van der Waals surface area contributed by atoms with Gasteiger partial charge in [0.2, 0.25) is 5.91 Å². The van der Waals surface area contributed by atoms with Crippen LogP contribution in [0.4, 0.5) is 0 Å². The van der Waals surface area contributed by atoms with E-state index in [2.05, 4.69) is 16.2 Å². The Hall–Kier alpha value is -4.23. The van der Waals surface area contributed by atoms with Crippen molar-refractivity contribution >= 4 is 39.9 Å². The zero-order valence-corrected chi connectivity index (χ0v) is 19.8. The highest BCUT2D eigenvalue weighted by Crippen LogP contribution is 2.19. The number of carbonyl (C=O) groups is 2. The first-order chi connectivity index (χ1) is 17.1. The summed E-state index contributed by atoms with van der Waals surface area (Å²) >= 11 is 5.19. The first kappa shape index (κ1) is 23.9. The van der Waals surface area contributed by atoms with Gasteiger partial charge in [-0.3, -0.25) is 25.8 Å². The largest absolute Gasteiger partial charge is 0.492 e. The summed E-state index contributed by atoms with van der Waals surface area (Å²) in [6.07, 6.45) is 0.891. The first-order valence-corrected chi connectivity index (χ1v) is 11.6. The zero-order chi connectivity index (χ0) is 24.5. The summed E-state index contributed by atoms with van der Waals surface area (Å²) in [6, 6.07) is 30.7. The van der Waals surface area contributed by atoms with Crippen LogP contribution in [0.2, 0.25) is 0 Å². The molecule has 0 atom stereocenters. The highest BCUT2D eigenvalue weighted by atomic mass is 32.1. The molecule has 0 heterocycles. The van der Waals surface area contributed by atoms with Crippen LogP contribution in [0.25, 0.3) is 10.8 Å². The second-order valence-corrected chi connectivity index (χ2v) is 8.26. The summed E-state index contributed by atoms with van der Waals surface area (Å²) in [5, 5.41) is 4.65. The topological polar surface area (TPSA) is 79.5 Å². The lowest BCUT2D eigenvalue weighted by Gasteiger charge is -2.14. The van der Waals surface area contributed by atoms with Crippen LogP contribution in [-0.4, -0.2) is 23.5 Å². The molecule has 7 heteroatoms. The molecule has 0 spiro atoms. The van der Waals surface area contributed by atoms with Gasteiger partial charge in [-0.15, -0.1) is 0 Å². The molecule has 2 amide bonds. The van der Waals surface area contributed by atoms with Crippen molar-refractivity contribution in [1.29, 1.82) is 0 Å². The Morgan fingerprint density at radius 3 is 2.34 bits per heavy atom. The molecule has 0 saturated carbocycles. The quantitative estimate of drug-likeness (QED) is 0.269. The van der Waals surface area contributed by atoms with Gasteiger partial charge in [-0.25, -0.2) is 0 Å². The van der Waals surface area contributed by atoms with E-state index >= 15 is 0 Å². The standard InChI is InChI=1S/C28H25N3O3S/c32-26(19-22-13-8-12-21-11-4-5-14-23(21)22)30-31-28(35)29-27(33)24-15-6-7-16-25(24)34-18-17-20-9-2-1-3-10-20/h1-16H,17-19H2,(H,30,32)(H2,29,31,33,35). The molecule has 0 aliphatic rings. The minimum atomic E-state index is -0.430. The lowest BCUT2D eigenvalue weighted by Crippen LogP contribution is -2.48.